The number of phenols is 1. The molecule has 0 fully saturated rings. The number of rotatable bonds is 7. The molecule has 1 heteroatoms. The highest BCUT2D eigenvalue weighted by Gasteiger charge is 2.28. The van der Waals surface area contributed by atoms with Crippen LogP contribution in [0.15, 0.2) is 12.1 Å². The van der Waals surface area contributed by atoms with E-state index in [1.165, 1.54) is 55.2 Å². The average Bonchev–Trinajstić information content (AvgIpc) is 2.41. The van der Waals surface area contributed by atoms with Gasteiger partial charge >= 0.3 is 0 Å². The van der Waals surface area contributed by atoms with Gasteiger partial charge < -0.3 is 5.11 Å². The zero-order valence-corrected chi connectivity index (χ0v) is 16.6. The summed E-state index contributed by atoms with van der Waals surface area (Å²) >= 11 is 0. The van der Waals surface area contributed by atoms with Crippen molar-refractivity contribution >= 4 is 0 Å². The van der Waals surface area contributed by atoms with E-state index in [0.717, 1.165) is 6.42 Å². The summed E-state index contributed by atoms with van der Waals surface area (Å²) in [6.45, 7) is 15.9. The lowest BCUT2D eigenvalue weighted by molar-refractivity contribution is 0.453. The maximum Gasteiger partial charge on any atom is 0.119 e. The van der Waals surface area contributed by atoms with E-state index in [1.807, 2.05) is 6.07 Å². The molecule has 132 valence electrons. The first kappa shape index (κ1) is 20.1. The van der Waals surface area contributed by atoms with Crippen LogP contribution in [-0.2, 0) is 17.3 Å². The maximum absolute atomic E-state index is 10.5. The average molecular weight is 319 g/mol. The first-order chi connectivity index (χ1) is 10.6. The second-order valence-corrected chi connectivity index (χ2v) is 9.00. The quantitative estimate of drug-likeness (QED) is 0.543. The zero-order valence-electron chi connectivity index (χ0n) is 16.6. The summed E-state index contributed by atoms with van der Waals surface area (Å²) in [5, 5.41) is 10.5. The molecule has 0 saturated heterocycles. The number of aromatic hydroxyl groups is 1. The Hall–Kier alpha value is -0.980. The minimum atomic E-state index is 0.0545. The molecule has 1 aromatic rings. The van der Waals surface area contributed by atoms with Crippen LogP contribution < -0.4 is 0 Å². The smallest absolute Gasteiger partial charge is 0.119 e. The molecule has 0 aliphatic carbocycles. The van der Waals surface area contributed by atoms with Crippen LogP contribution >= 0.6 is 0 Å². The molecule has 1 N–H and O–H groups in total. The second kappa shape index (κ2) is 8.22. The lowest BCUT2D eigenvalue weighted by Gasteiger charge is -2.33. The van der Waals surface area contributed by atoms with Gasteiger partial charge in [-0.15, -0.1) is 0 Å². The summed E-state index contributed by atoms with van der Waals surface area (Å²) < 4.78 is 0. The molecule has 1 nitrogen and oxygen atoms in total. The van der Waals surface area contributed by atoms with Crippen molar-refractivity contribution in [1.29, 1.82) is 0 Å². The third-order valence-electron chi connectivity index (χ3n) is 4.63. The molecule has 0 aliphatic heterocycles. The van der Waals surface area contributed by atoms with Gasteiger partial charge in [0, 0.05) is 0 Å². The molecule has 0 atom stereocenters. The van der Waals surface area contributed by atoms with E-state index in [9.17, 15) is 5.11 Å². The highest BCUT2D eigenvalue weighted by atomic mass is 16.3. The minimum Gasteiger partial charge on any atom is -0.508 e. The number of benzene rings is 1. The lowest BCUT2D eigenvalue weighted by atomic mass is 9.72. The number of hydrogen-bond acceptors (Lipinski definition) is 1. The Morgan fingerprint density at radius 3 is 1.87 bits per heavy atom. The van der Waals surface area contributed by atoms with Gasteiger partial charge in [0.25, 0.3) is 0 Å². The van der Waals surface area contributed by atoms with Crippen molar-refractivity contribution in [3.05, 3.63) is 28.8 Å². The van der Waals surface area contributed by atoms with Crippen LogP contribution in [0, 0.1) is 0 Å². The molecule has 0 aliphatic rings. The Balaban J connectivity index is 3.01. The third-order valence-corrected chi connectivity index (χ3v) is 4.63. The van der Waals surface area contributed by atoms with E-state index in [2.05, 4.69) is 54.5 Å². The summed E-state index contributed by atoms with van der Waals surface area (Å²) in [7, 11) is 0. The van der Waals surface area contributed by atoms with Crippen molar-refractivity contribution < 1.29 is 5.11 Å². The van der Waals surface area contributed by atoms with E-state index in [4.69, 9.17) is 0 Å². The molecule has 23 heavy (non-hydrogen) atoms. The first-order valence-corrected chi connectivity index (χ1v) is 9.44. The molecule has 1 aromatic carbocycles. The van der Waals surface area contributed by atoms with Crippen LogP contribution in [-0.4, -0.2) is 5.11 Å². The fourth-order valence-corrected chi connectivity index (χ4v) is 3.45. The van der Waals surface area contributed by atoms with Crippen molar-refractivity contribution in [2.75, 3.05) is 0 Å². The predicted octanol–water partition coefficient (Wildman–Crippen LogP) is 6.89. The zero-order chi connectivity index (χ0) is 17.7. The fraction of sp³-hybridized carbons (Fsp3) is 0.727. The van der Waals surface area contributed by atoms with Gasteiger partial charge in [0.05, 0.1) is 0 Å². The Morgan fingerprint density at radius 1 is 0.783 bits per heavy atom. The summed E-state index contributed by atoms with van der Waals surface area (Å²) in [6.07, 6.45) is 8.74. The highest BCUT2D eigenvalue weighted by molar-refractivity contribution is 5.50. The van der Waals surface area contributed by atoms with Gasteiger partial charge in [-0.05, 0) is 46.4 Å². The molecule has 1 rings (SSSR count). The molecule has 0 aromatic heterocycles. The maximum atomic E-state index is 10.5. The Labute approximate surface area is 144 Å². The van der Waals surface area contributed by atoms with Gasteiger partial charge in [-0.2, -0.15) is 0 Å². The van der Waals surface area contributed by atoms with Crippen molar-refractivity contribution in [3.8, 4) is 5.75 Å². The summed E-state index contributed by atoms with van der Waals surface area (Å²) in [4.78, 5) is 0. The van der Waals surface area contributed by atoms with Crippen molar-refractivity contribution in [2.24, 2.45) is 0 Å². The third kappa shape index (κ3) is 5.86. The van der Waals surface area contributed by atoms with Crippen LogP contribution in [0.1, 0.15) is 104 Å². The normalized spacial score (nSPS) is 12.7. The lowest BCUT2D eigenvalue weighted by Crippen LogP contribution is -2.24. The summed E-state index contributed by atoms with van der Waals surface area (Å²) in [6, 6.07) is 4.03. The predicted molar refractivity (Wildman–Crippen MR) is 103 cm³/mol. The number of phenolic OH excluding ortho intramolecular Hbond substituents is 1. The van der Waals surface area contributed by atoms with Gasteiger partial charge in [-0.25, -0.2) is 0 Å². The van der Waals surface area contributed by atoms with Crippen LogP contribution in [0.5, 0.6) is 5.75 Å². The molecule has 0 amide bonds. The summed E-state index contributed by atoms with van der Waals surface area (Å²) in [5.74, 6) is 0.483. The van der Waals surface area contributed by atoms with Gasteiger partial charge in [0.1, 0.15) is 5.75 Å². The van der Waals surface area contributed by atoms with Crippen LogP contribution in [0.3, 0.4) is 0 Å². The van der Waals surface area contributed by atoms with E-state index in [-0.39, 0.29) is 10.8 Å². The van der Waals surface area contributed by atoms with E-state index in [0.29, 0.717) is 5.75 Å². The molecular weight excluding hydrogens is 280 g/mol. The molecule has 0 spiro atoms. The van der Waals surface area contributed by atoms with E-state index in [1.54, 1.807) is 0 Å². The van der Waals surface area contributed by atoms with Crippen LogP contribution in [0.2, 0.25) is 0 Å². The number of hydrogen-bond donors (Lipinski definition) is 1. The largest absolute Gasteiger partial charge is 0.508 e. The Kier molecular flexibility index (Phi) is 7.17. The first-order valence-electron chi connectivity index (χ1n) is 9.44. The highest BCUT2D eigenvalue weighted by Crippen LogP contribution is 2.40. The molecule has 0 radical (unpaired) electrons. The van der Waals surface area contributed by atoms with Gasteiger partial charge in [0.15, 0.2) is 0 Å². The second-order valence-electron chi connectivity index (χ2n) is 9.00. The fourth-order valence-electron chi connectivity index (χ4n) is 3.45. The van der Waals surface area contributed by atoms with Crippen molar-refractivity contribution in [1.82, 2.24) is 0 Å². The molecule has 0 saturated carbocycles. The summed E-state index contributed by atoms with van der Waals surface area (Å²) in [5.41, 5.74) is 4.08. The van der Waals surface area contributed by atoms with Gasteiger partial charge in [0.2, 0.25) is 0 Å². The van der Waals surface area contributed by atoms with Crippen molar-refractivity contribution in [2.45, 2.75) is 104 Å². The van der Waals surface area contributed by atoms with Crippen LogP contribution in [0.4, 0.5) is 0 Å². The standard InChI is InChI=1S/C22H38O/c1-8-9-10-11-12-13-14-17-19(23)16-15-18(21(2,3)4)20(17)22(5,6)7/h15-16,23H,8-14H2,1-7H3. The molecule has 0 unspecified atom stereocenters. The monoisotopic (exact) mass is 318 g/mol. The van der Waals surface area contributed by atoms with Gasteiger partial charge in [-0.3, -0.25) is 0 Å². The van der Waals surface area contributed by atoms with Crippen LogP contribution in [0.25, 0.3) is 0 Å². The molecular formula is C22H38O. The Bertz CT molecular complexity index is 486. The Morgan fingerprint density at radius 2 is 1.35 bits per heavy atom. The molecule has 0 bridgehead atoms. The van der Waals surface area contributed by atoms with Crippen molar-refractivity contribution in [3.63, 3.8) is 0 Å². The SMILES string of the molecule is CCCCCCCCc1c(O)ccc(C(C)(C)C)c1C(C)(C)C. The minimum absolute atomic E-state index is 0.0545. The van der Waals surface area contributed by atoms with Gasteiger partial charge in [-0.1, -0.05) is 86.6 Å². The molecule has 0 heterocycles. The van der Waals surface area contributed by atoms with E-state index >= 15 is 0 Å². The number of unbranched alkanes of at least 4 members (excludes halogenated alkanes) is 5. The van der Waals surface area contributed by atoms with E-state index < -0.39 is 0 Å². The topological polar surface area (TPSA) is 20.2 Å².